The molecule has 1 saturated carbocycles. The number of amidine groups is 1. The molecule has 5 heteroatoms. The number of nitrogens with one attached hydrogen (secondary N) is 1. The molecule has 1 rings (SSSR count). The van der Waals surface area contributed by atoms with Crippen molar-refractivity contribution in [1.29, 1.82) is 0 Å². The van der Waals surface area contributed by atoms with E-state index in [9.17, 15) is 4.79 Å². The zero-order chi connectivity index (χ0) is 15.0. The minimum atomic E-state index is -0.873. The predicted molar refractivity (Wildman–Crippen MR) is 80.6 cm³/mol. The van der Waals surface area contributed by atoms with Crippen LogP contribution in [0.15, 0.2) is 5.16 Å². The second kappa shape index (κ2) is 8.12. The highest BCUT2D eigenvalue weighted by Crippen LogP contribution is 2.29. The van der Waals surface area contributed by atoms with Gasteiger partial charge in [0, 0.05) is 6.54 Å². The molecule has 0 saturated heterocycles. The van der Waals surface area contributed by atoms with Crippen LogP contribution in [0.25, 0.3) is 0 Å². The van der Waals surface area contributed by atoms with E-state index in [1.54, 1.807) is 0 Å². The van der Waals surface area contributed by atoms with Crippen LogP contribution in [0.2, 0.25) is 0 Å². The minimum absolute atomic E-state index is 0.00999. The van der Waals surface area contributed by atoms with Crippen LogP contribution in [0.1, 0.15) is 65.2 Å². The predicted octanol–water partition coefficient (Wildman–Crippen LogP) is 2.63. The van der Waals surface area contributed by atoms with Gasteiger partial charge in [-0.25, -0.2) is 0 Å². The van der Waals surface area contributed by atoms with Crippen LogP contribution in [0.3, 0.4) is 0 Å². The van der Waals surface area contributed by atoms with Gasteiger partial charge in [-0.1, -0.05) is 44.7 Å². The van der Waals surface area contributed by atoms with Crippen LogP contribution in [0.5, 0.6) is 0 Å². The fourth-order valence-corrected chi connectivity index (χ4v) is 3.21. The van der Waals surface area contributed by atoms with Crippen LogP contribution < -0.4 is 11.1 Å². The number of hydrogen-bond donors (Lipinski definition) is 3. The van der Waals surface area contributed by atoms with Gasteiger partial charge in [0.2, 0.25) is 5.91 Å². The third-order valence-electron chi connectivity index (χ3n) is 4.79. The number of oxime groups is 1. The standard InChI is InChI=1S/C15H29N3O2/c1-3-15(4-2,13(16)18-20)14(19)17-11-7-10-12-8-5-6-9-12/h12,20H,3-11H2,1-2H3,(H2,16,18)(H,17,19). The second-order valence-corrected chi connectivity index (χ2v) is 5.82. The number of rotatable bonds is 8. The maximum Gasteiger partial charge on any atom is 0.233 e. The SMILES string of the molecule is CCC(CC)(C(=O)NCCCC1CCCC1)C(N)=NO. The molecule has 0 radical (unpaired) electrons. The Bertz CT molecular complexity index is 332. The minimum Gasteiger partial charge on any atom is -0.409 e. The molecule has 0 bridgehead atoms. The van der Waals surface area contributed by atoms with Gasteiger partial charge in [0.1, 0.15) is 5.41 Å². The molecule has 0 heterocycles. The summed E-state index contributed by atoms with van der Waals surface area (Å²) < 4.78 is 0. The van der Waals surface area contributed by atoms with E-state index < -0.39 is 5.41 Å². The summed E-state index contributed by atoms with van der Waals surface area (Å²) >= 11 is 0. The van der Waals surface area contributed by atoms with E-state index in [4.69, 9.17) is 10.9 Å². The first-order valence-electron chi connectivity index (χ1n) is 7.87. The molecule has 4 N–H and O–H groups in total. The van der Waals surface area contributed by atoms with E-state index in [1.807, 2.05) is 13.8 Å². The van der Waals surface area contributed by atoms with Gasteiger partial charge in [-0.15, -0.1) is 0 Å². The van der Waals surface area contributed by atoms with Gasteiger partial charge in [0.15, 0.2) is 5.84 Å². The normalized spacial score (nSPS) is 17.4. The van der Waals surface area contributed by atoms with Gasteiger partial charge in [-0.3, -0.25) is 4.79 Å². The van der Waals surface area contributed by atoms with Gasteiger partial charge < -0.3 is 16.3 Å². The lowest BCUT2D eigenvalue weighted by Gasteiger charge is -2.28. The molecule has 20 heavy (non-hydrogen) atoms. The molecule has 1 aliphatic carbocycles. The Hall–Kier alpha value is -1.26. The Morgan fingerprint density at radius 3 is 2.45 bits per heavy atom. The van der Waals surface area contributed by atoms with Gasteiger partial charge >= 0.3 is 0 Å². The first-order chi connectivity index (χ1) is 9.60. The van der Waals surface area contributed by atoms with E-state index in [0.717, 1.165) is 12.3 Å². The third kappa shape index (κ3) is 3.87. The fourth-order valence-electron chi connectivity index (χ4n) is 3.21. The highest BCUT2D eigenvalue weighted by Gasteiger charge is 2.39. The molecule has 0 aromatic heterocycles. The van der Waals surface area contributed by atoms with Gasteiger partial charge in [0.05, 0.1) is 0 Å². The van der Waals surface area contributed by atoms with Crippen molar-refractivity contribution in [3.8, 4) is 0 Å². The number of hydrogen-bond acceptors (Lipinski definition) is 3. The van der Waals surface area contributed by atoms with E-state index in [1.165, 1.54) is 32.1 Å². The van der Waals surface area contributed by atoms with Crippen molar-refractivity contribution in [3.05, 3.63) is 0 Å². The molecular weight excluding hydrogens is 254 g/mol. The Balaban J connectivity index is 2.42. The van der Waals surface area contributed by atoms with E-state index in [0.29, 0.717) is 19.4 Å². The van der Waals surface area contributed by atoms with Crippen molar-refractivity contribution in [3.63, 3.8) is 0 Å². The molecule has 5 nitrogen and oxygen atoms in total. The largest absolute Gasteiger partial charge is 0.409 e. The lowest BCUT2D eigenvalue weighted by Crippen LogP contribution is -2.49. The number of carbonyl (C=O) groups excluding carboxylic acids is 1. The average molecular weight is 283 g/mol. The van der Waals surface area contributed by atoms with E-state index >= 15 is 0 Å². The summed E-state index contributed by atoms with van der Waals surface area (Å²) in [7, 11) is 0. The number of nitrogens with two attached hydrogens (primary N) is 1. The summed E-state index contributed by atoms with van der Waals surface area (Å²) in [4.78, 5) is 12.3. The fraction of sp³-hybridized carbons (Fsp3) is 0.867. The van der Waals surface area contributed by atoms with Gasteiger partial charge in [-0.05, 0) is 31.6 Å². The molecule has 1 fully saturated rings. The summed E-state index contributed by atoms with van der Waals surface area (Å²) in [6.45, 7) is 4.45. The summed E-state index contributed by atoms with van der Waals surface area (Å²) in [5.74, 6) is 0.734. The number of carbonyl (C=O) groups is 1. The average Bonchev–Trinajstić information content (AvgIpc) is 2.98. The zero-order valence-corrected chi connectivity index (χ0v) is 12.8. The molecular formula is C15H29N3O2. The summed E-state index contributed by atoms with van der Waals surface area (Å²) in [6, 6.07) is 0. The molecule has 0 aromatic carbocycles. The quantitative estimate of drug-likeness (QED) is 0.210. The van der Waals surface area contributed by atoms with Crippen molar-refractivity contribution < 1.29 is 10.0 Å². The summed E-state index contributed by atoms with van der Waals surface area (Å²) in [5.41, 5.74) is 4.84. The second-order valence-electron chi connectivity index (χ2n) is 5.82. The van der Waals surface area contributed by atoms with Crippen molar-refractivity contribution in [2.75, 3.05) is 6.54 Å². The Kier molecular flexibility index (Phi) is 6.82. The summed E-state index contributed by atoms with van der Waals surface area (Å²) in [6.07, 6.45) is 8.66. The van der Waals surface area contributed by atoms with E-state index in [-0.39, 0.29) is 11.7 Å². The number of amides is 1. The van der Waals surface area contributed by atoms with Crippen molar-refractivity contribution in [1.82, 2.24) is 5.32 Å². The lowest BCUT2D eigenvalue weighted by atomic mass is 9.80. The molecule has 0 aliphatic heterocycles. The van der Waals surface area contributed by atoms with Crippen molar-refractivity contribution in [2.24, 2.45) is 22.2 Å². The molecule has 0 spiro atoms. The maximum absolute atomic E-state index is 12.3. The molecule has 1 aliphatic rings. The van der Waals surface area contributed by atoms with Crippen molar-refractivity contribution in [2.45, 2.75) is 65.2 Å². The first kappa shape index (κ1) is 16.8. The Labute approximate surface area is 122 Å². The topological polar surface area (TPSA) is 87.7 Å². The molecule has 0 atom stereocenters. The highest BCUT2D eigenvalue weighted by molar-refractivity contribution is 6.06. The van der Waals surface area contributed by atoms with Crippen LogP contribution in [-0.2, 0) is 4.79 Å². The van der Waals surface area contributed by atoms with Crippen molar-refractivity contribution >= 4 is 11.7 Å². The lowest BCUT2D eigenvalue weighted by molar-refractivity contribution is -0.128. The smallest absolute Gasteiger partial charge is 0.233 e. The van der Waals surface area contributed by atoms with Crippen LogP contribution >= 0.6 is 0 Å². The first-order valence-corrected chi connectivity index (χ1v) is 7.87. The Morgan fingerprint density at radius 2 is 1.95 bits per heavy atom. The number of nitrogens with zero attached hydrogens (tertiary/aromatic N) is 1. The van der Waals surface area contributed by atoms with Gasteiger partial charge in [-0.2, -0.15) is 0 Å². The Morgan fingerprint density at radius 1 is 1.35 bits per heavy atom. The molecule has 116 valence electrons. The van der Waals surface area contributed by atoms with Crippen LogP contribution in [-0.4, -0.2) is 23.5 Å². The van der Waals surface area contributed by atoms with Crippen LogP contribution in [0, 0.1) is 11.3 Å². The third-order valence-corrected chi connectivity index (χ3v) is 4.79. The molecule has 0 aromatic rings. The molecule has 0 unspecified atom stereocenters. The summed E-state index contributed by atoms with van der Waals surface area (Å²) in [5, 5.41) is 14.9. The zero-order valence-electron chi connectivity index (χ0n) is 12.8. The monoisotopic (exact) mass is 283 g/mol. The maximum atomic E-state index is 12.3. The van der Waals surface area contributed by atoms with Crippen LogP contribution in [0.4, 0.5) is 0 Å². The molecule has 1 amide bonds. The van der Waals surface area contributed by atoms with Gasteiger partial charge in [0.25, 0.3) is 0 Å². The van der Waals surface area contributed by atoms with E-state index in [2.05, 4.69) is 10.5 Å². The highest BCUT2D eigenvalue weighted by atomic mass is 16.4.